The van der Waals surface area contributed by atoms with Gasteiger partial charge in [0, 0.05) is 0 Å². The first-order valence-corrected chi connectivity index (χ1v) is 13.8. The number of carbonyl (C=O) groups excluding carboxylic acids is 2. The Kier molecular flexibility index (Phi) is 7.18. The van der Waals surface area contributed by atoms with Crippen LogP contribution in [0.3, 0.4) is 0 Å². The van der Waals surface area contributed by atoms with Crippen molar-refractivity contribution in [1.29, 1.82) is 0 Å². The summed E-state index contributed by atoms with van der Waals surface area (Å²) in [4.78, 5) is 30.2. The maximum absolute atomic E-state index is 12.5. The molecule has 7 heteroatoms. The predicted molar refractivity (Wildman–Crippen MR) is 140 cm³/mol. The van der Waals surface area contributed by atoms with Gasteiger partial charge in [0.2, 0.25) is 0 Å². The van der Waals surface area contributed by atoms with Gasteiger partial charge in [0.25, 0.3) is 5.91 Å². The molecule has 0 aromatic heterocycles. The second-order valence-corrected chi connectivity index (χ2v) is 11.9. The lowest BCUT2D eigenvalue weighted by Crippen LogP contribution is -2.51. The third-order valence-corrected chi connectivity index (χ3v) is 10.2. The van der Waals surface area contributed by atoms with Crippen molar-refractivity contribution in [2.45, 2.75) is 77.4 Å². The molecule has 200 valence electrons. The highest BCUT2D eigenvalue weighted by molar-refractivity contribution is 5.96. The molecule has 0 heterocycles. The summed E-state index contributed by atoms with van der Waals surface area (Å²) in [6.45, 7) is 4.49. The van der Waals surface area contributed by atoms with E-state index in [1.165, 1.54) is 25.5 Å². The van der Waals surface area contributed by atoms with Crippen LogP contribution in [0.1, 0.15) is 76.8 Å². The number of hydrogen-bond acceptors (Lipinski definition) is 6. The molecule has 0 unspecified atom stereocenters. The number of carbonyl (C=O) groups is 2. The summed E-state index contributed by atoms with van der Waals surface area (Å²) in [6.07, 6.45) is 10.6. The summed E-state index contributed by atoms with van der Waals surface area (Å²) in [7, 11) is 1.30. The molecule has 0 spiro atoms. The molecule has 7 nitrogen and oxygen atoms in total. The number of nitrogens with zero attached hydrogens (tertiary/aromatic N) is 1. The van der Waals surface area contributed by atoms with Crippen LogP contribution in [0.25, 0.3) is 0 Å². The zero-order chi connectivity index (χ0) is 26.2. The minimum absolute atomic E-state index is 0.0990. The number of methoxy groups -OCH3 is 1. The number of benzene rings is 1. The predicted octanol–water partition coefficient (Wildman–Crippen LogP) is 4.71. The summed E-state index contributed by atoms with van der Waals surface area (Å²) in [5.74, 6) is 1.04. The second kappa shape index (κ2) is 10.2. The smallest absolute Gasteiger partial charge is 0.333 e. The van der Waals surface area contributed by atoms with Crippen molar-refractivity contribution in [3.8, 4) is 0 Å². The first-order chi connectivity index (χ1) is 17.8. The number of rotatable bonds is 6. The molecule has 0 aliphatic heterocycles. The van der Waals surface area contributed by atoms with Gasteiger partial charge in [-0.25, -0.2) is 4.79 Å². The standard InChI is InChI=1S/C30H40N2O5/c1-29-15-13-21(32-37-18-26(34)31-27(28(35)36-3)19-7-5-4-6-8-19)17-20(29)9-10-22-23-11-12-25(33)30(23,2)16-14-24(22)29/h4-8,17,22-25,27,33H,9-16,18H2,1-3H3,(H,31,34)/b32-21+/t22-,23-,24-,25+,27-,29-,30-/m0/s1. The van der Waals surface area contributed by atoms with Gasteiger partial charge in [0.1, 0.15) is 0 Å². The highest BCUT2D eigenvalue weighted by Crippen LogP contribution is 2.65. The molecule has 4 aliphatic carbocycles. The highest BCUT2D eigenvalue weighted by Gasteiger charge is 2.58. The Balaban J connectivity index is 1.21. The molecule has 37 heavy (non-hydrogen) atoms. The third-order valence-electron chi connectivity index (χ3n) is 10.2. The van der Waals surface area contributed by atoms with Crippen molar-refractivity contribution in [3.05, 3.63) is 47.5 Å². The first kappa shape index (κ1) is 26.0. The van der Waals surface area contributed by atoms with E-state index in [1.807, 2.05) is 6.07 Å². The van der Waals surface area contributed by atoms with Crippen LogP contribution in [0.4, 0.5) is 0 Å². The Morgan fingerprint density at radius 1 is 1.08 bits per heavy atom. The molecule has 0 radical (unpaired) electrons. The van der Waals surface area contributed by atoms with Crippen LogP contribution in [0.5, 0.6) is 0 Å². The molecule has 3 fully saturated rings. The average Bonchev–Trinajstić information content (AvgIpc) is 3.21. The van der Waals surface area contributed by atoms with Crippen LogP contribution < -0.4 is 5.32 Å². The first-order valence-electron chi connectivity index (χ1n) is 13.8. The molecular formula is C30H40N2O5. The second-order valence-electron chi connectivity index (χ2n) is 11.9. The van der Waals surface area contributed by atoms with Gasteiger partial charge in [-0.1, -0.05) is 54.9 Å². The van der Waals surface area contributed by atoms with Gasteiger partial charge in [0.05, 0.1) is 18.9 Å². The number of fused-ring (bicyclic) bond motifs is 5. The van der Waals surface area contributed by atoms with Gasteiger partial charge in [-0.2, -0.15) is 0 Å². The minimum Gasteiger partial charge on any atom is -0.467 e. The van der Waals surface area contributed by atoms with Gasteiger partial charge >= 0.3 is 5.97 Å². The summed E-state index contributed by atoms with van der Waals surface area (Å²) < 4.78 is 4.86. The monoisotopic (exact) mass is 508 g/mol. The fourth-order valence-electron chi connectivity index (χ4n) is 8.03. The van der Waals surface area contributed by atoms with Gasteiger partial charge in [-0.05, 0) is 91.6 Å². The van der Waals surface area contributed by atoms with Crippen molar-refractivity contribution >= 4 is 17.6 Å². The molecule has 2 N–H and O–H groups in total. The Bertz CT molecular complexity index is 1080. The number of hydrogen-bond donors (Lipinski definition) is 2. The van der Waals surface area contributed by atoms with Gasteiger partial charge in [0.15, 0.2) is 12.6 Å². The van der Waals surface area contributed by atoms with E-state index in [2.05, 4.69) is 30.4 Å². The number of allylic oxidation sites excluding steroid dienone is 2. The van der Waals surface area contributed by atoms with E-state index in [1.54, 1.807) is 24.3 Å². The molecule has 1 aromatic carbocycles. The topological polar surface area (TPSA) is 97.2 Å². The minimum atomic E-state index is -0.888. The van der Waals surface area contributed by atoms with Crippen molar-refractivity contribution in [2.75, 3.05) is 13.7 Å². The average molecular weight is 509 g/mol. The lowest BCUT2D eigenvalue weighted by atomic mass is 9.47. The van der Waals surface area contributed by atoms with E-state index in [9.17, 15) is 14.7 Å². The third kappa shape index (κ3) is 4.71. The van der Waals surface area contributed by atoms with E-state index in [0.717, 1.165) is 44.2 Å². The van der Waals surface area contributed by atoms with E-state index in [0.29, 0.717) is 23.3 Å². The SMILES string of the molecule is COC(=O)[C@@H](NC(=O)CO/N=C1/C=C2CC[C@H]3[C@@H]4CC[C@@H](O)[C@@]4(C)CC[C@@H]3[C@@]2(C)CC1)c1ccccc1. The highest BCUT2D eigenvalue weighted by atomic mass is 16.6. The largest absolute Gasteiger partial charge is 0.467 e. The molecule has 3 saturated carbocycles. The number of nitrogens with one attached hydrogen (secondary N) is 1. The van der Waals surface area contributed by atoms with Crippen molar-refractivity contribution in [3.63, 3.8) is 0 Å². The zero-order valence-electron chi connectivity index (χ0n) is 22.2. The quantitative estimate of drug-likeness (QED) is 0.428. The lowest BCUT2D eigenvalue weighted by molar-refractivity contribution is -0.145. The van der Waals surface area contributed by atoms with Crippen LogP contribution in [-0.2, 0) is 19.2 Å². The fraction of sp³-hybridized carbons (Fsp3) is 0.633. The van der Waals surface area contributed by atoms with Crippen molar-refractivity contribution < 1.29 is 24.3 Å². The van der Waals surface area contributed by atoms with Gasteiger partial charge in [-0.3, -0.25) is 4.79 Å². The Hall–Kier alpha value is -2.67. The van der Waals surface area contributed by atoms with Gasteiger partial charge < -0.3 is 20.0 Å². The Morgan fingerprint density at radius 3 is 2.62 bits per heavy atom. The van der Waals surface area contributed by atoms with Crippen LogP contribution in [0.2, 0.25) is 0 Å². The number of amides is 1. The number of esters is 1. The molecule has 1 aromatic rings. The van der Waals surface area contributed by atoms with Crippen molar-refractivity contribution in [2.24, 2.45) is 33.7 Å². The maximum Gasteiger partial charge on any atom is 0.333 e. The number of oxime groups is 1. The van der Waals surface area contributed by atoms with Crippen LogP contribution in [-0.4, -0.2) is 42.5 Å². The van der Waals surface area contributed by atoms with E-state index in [-0.39, 0.29) is 23.5 Å². The zero-order valence-corrected chi connectivity index (χ0v) is 22.2. The molecule has 4 aliphatic rings. The molecule has 0 bridgehead atoms. The van der Waals surface area contributed by atoms with Crippen LogP contribution in [0.15, 0.2) is 47.1 Å². The lowest BCUT2D eigenvalue weighted by Gasteiger charge is -2.57. The summed E-state index contributed by atoms with van der Waals surface area (Å²) in [5.41, 5.74) is 3.27. The fourth-order valence-corrected chi connectivity index (χ4v) is 8.03. The maximum atomic E-state index is 12.5. The van der Waals surface area contributed by atoms with Crippen LogP contribution in [0, 0.1) is 28.6 Å². The number of aliphatic hydroxyl groups excluding tert-OH is 1. The van der Waals surface area contributed by atoms with E-state index < -0.39 is 17.9 Å². The molecule has 5 rings (SSSR count). The van der Waals surface area contributed by atoms with E-state index >= 15 is 0 Å². The molecular weight excluding hydrogens is 468 g/mol. The van der Waals surface area contributed by atoms with Crippen LogP contribution >= 0.6 is 0 Å². The molecule has 0 saturated heterocycles. The summed E-state index contributed by atoms with van der Waals surface area (Å²) in [5, 5.41) is 17.7. The normalized spacial score (nSPS) is 36.4. The summed E-state index contributed by atoms with van der Waals surface area (Å²) in [6, 6.07) is 8.11. The molecule has 1 amide bonds. The van der Waals surface area contributed by atoms with E-state index in [4.69, 9.17) is 9.57 Å². The number of aliphatic hydroxyl groups is 1. The summed E-state index contributed by atoms with van der Waals surface area (Å²) >= 11 is 0. The Labute approximate surface area is 219 Å². The van der Waals surface area contributed by atoms with Crippen molar-refractivity contribution in [1.82, 2.24) is 5.32 Å². The Morgan fingerprint density at radius 2 is 1.86 bits per heavy atom. The van der Waals surface area contributed by atoms with Gasteiger partial charge in [-0.15, -0.1) is 0 Å². The molecule has 7 atom stereocenters. The number of ether oxygens (including phenoxy) is 1.